The molecule has 8 heteroatoms. The van der Waals surface area contributed by atoms with Gasteiger partial charge in [-0.05, 0) is 29.5 Å². The minimum absolute atomic E-state index is 0.0511. The zero-order chi connectivity index (χ0) is 19.7. The number of nitrogens with one attached hydrogen (secondary N) is 2. The van der Waals surface area contributed by atoms with Crippen molar-refractivity contribution >= 4 is 27.2 Å². The lowest BCUT2D eigenvalue weighted by Gasteiger charge is -2.19. The van der Waals surface area contributed by atoms with Gasteiger partial charge in [0.25, 0.3) is 5.91 Å². The van der Waals surface area contributed by atoms with E-state index in [2.05, 4.69) is 41.4 Å². The van der Waals surface area contributed by atoms with Crippen LogP contribution < -0.4 is 10.6 Å². The van der Waals surface area contributed by atoms with Gasteiger partial charge in [0.15, 0.2) is 9.84 Å². The van der Waals surface area contributed by atoms with Crippen LogP contribution in [-0.2, 0) is 15.3 Å². The van der Waals surface area contributed by atoms with Crippen molar-refractivity contribution in [1.29, 1.82) is 0 Å². The number of anilines is 2. The van der Waals surface area contributed by atoms with Crippen LogP contribution in [0.1, 0.15) is 43.2 Å². The molecular formula is C19H24N4O3S. The number of benzene rings is 1. The predicted octanol–water partition coefficient (Wildman–Crippen LogP) is 2.63. The Morgan fingerprint density at radius 3 is 2.33 bits per heavy atom. The molecule has 27 heavy (non-hydrogen) atoms. The molecule has 0 spiro atoms. The lowest BCUT2D eigenvalue weighted by Crippen LogP contribution is -2.22. The first-order chi connectivity index (χ1) is 12.6. The van der Waals surface area contributed by atoms with Crippen LogP contribution in [0.4, 0.5) is 11.5 Å². The summed E-state index contributed by atoms with van der Waals surface area (Å²) in [4.78, 5) is 20.6. The molecule has 1 aliphatic heterocycles. The fraction of sp³-hybridized carbons (Fsp3) is 0.421. The number of carbonyl (C=O) groups is 1. The van der Waals surface area contributed by atoms with E-state index in [0.717, 1.165) is 0 Å². The van der Waals surface area contributed by atoms with Crippen LogP contribution in [0, 0.1) is 0 Å². The Bertz CT molecular complexity index is 917. The summed E-state index contributed by atoms with van der Waals surface area (Å²) < 4.78 is 23.0. The first-order valence-corrected chi connectivity index (χ1v) is 10.7. The third-order valence-electron chi connectivity index (χ3n) is 4.48. The van der Waals surface area contributed by atoms with Crippen LogP contribution in [0.3, 0.4) is 0 Å². The third kappa shape index (κ3) is 5.03. The summed E-state index contributed by atoms with van der Waals surface area (Å²) >= 11 is 0. The van der Waals surface area contributed by atoms with Gasteiger partial charge in [-0.2, -0.15) is 0 Å². The molecule has 0 bridgehead atoms. The van der Waals surface area contributed by atoms with Crippen molar-refractivity contribution in [2.24, 2.45) is 0 Å². The molecule has 1 aromatic heterocycles. The van der Waals surface area contributed by atoms with Crippen molar-refractivity contribution < 1.29 is 13.2 Å². The Balaban J connectivity index is 1.60. The summed E-state index contributed by atoms with van der Waals surface area (Å²) in [6, 6.07) is 7.55. The number of aromatic nitrogens is 2. The van der Waals surface area contributed by atoms with Crippen LogP contribution in [0.2, 0.25) is 0 Å². The number of hydrogen-bond acceptors (Lipinski definition) is 6. The van der Waals surface area contributed by atoms with Crippen LogP contribution in [0.25, 0.3) is 0 Å². The second-order valence-electron chi connectivity index (χ2n) is 7.81. The third-order valence-corrected chi connectivity index (χ3v) is 6.25. The number of carbonyl (C=O) groups excluding carboxylic acids is 1. The van der Waals surface area contributed by atoms with Gasteiger partial charge in [0.05, 0.1) is 23.9 Å². The van der Waals surface area contributed by atoms with E-state index in [0.29, 0.717) is 17.9 Å². The largest absolute Gasteiger partial charge is 0.365 e. The maximum atomic E-state index is 12.3. The van der Waals surface area contributed by atoms with E-state index in [1.54, 1.807) is 0 Å². The highest BCUT2D eigenvalue weighted by atomic mass is 32.2. The Morgan fingerprint density at radius 2 is 1.81 bits per heavy atom. The minimum Gasteiger partial charge on any atom is -0.365 e. The maximum Gasteiger partial charge on any atom is 0.275 e. The van der Waals surface area contributed by atoms with Crippen LogP contribution in [0.5, 0.6) is 0 Å². The molecule has 1 aliphatic rings. The van der Waals surface area contributed by atoms with E-state index in [1.165, 1.54) is 18.0 Å². The molecule has 0 radical (unpaired) electrons. The number of hydrogen-bond donors (Lipinski definition) is 2. The summed E-state index contributed by atoms with van der Waals surface area (Å²) in [6.07, 6.45) is 3.38. The second-order valence-corrected chi connectivity index (χ2v) is 10.0. The number of nitrogens with zero attached hydrogens (tertiary/aromatic N) is 2. The quantitative estimate of drug-likeness (QED) is 0.835. The number of sulfone groups is 1. The fourth-order valence-electron chi connectivity index (χ4n) is 2.89. The SMILES string of the molecule is CC(C)(C)c1ccc(NC(=O)c2cnc(NC3CCS(=O)(=O)C3)cn2)cc1. The Morgan fingerprint density at radius 1 is 1.11 bits per heavy atom. The van der Waals surface area contributed by atoms with Crippen molar-refractivity contribution in [3.63, 3.8) is 0 Å². The minimum atomic E-state index is -2.96. The van der Waals surface area contributed by atoms with Crippen LogP contribution in [0.15, 0.2) is 36.7 Å². The average molecular weight is 388 g/mol. The molecule has 1 fully saturated rings. The molecule has 1 amide bonds. The van der Waals surface area contributed by atoms with Crippen molar-refractivity contribution in [2.45, 2.75) is 38.6 Å². The van der Waals surface area contributed by atoms with Crippen LogP contribution in [-0.4, -0.2) is 41.8 Å². The topological polar surface area (TPSA) is 101 Å². The predicted molar refractivity (Wildman–Crippen MR) is 106 cm³/mol. The van der Waals surface area contributed by atoms with Crippen molar-refractivity contribution in [2.75, 3.05) is 22.1 Å². The highest BCUT2D eigenvalue weighted by Gasteiger charge is 2.28. The summed E-state index contributed by atoms with van der Waals surface area (Å²) in [6.45, 7) is 6.40. The average Bonchev–Trinajstić information content (AvgIpc) is 2.93. The Kier molecular flexibility index (Phi) is 5.19. The van der Waals surface area contributed by atoms with Crippen LogP contribution >= 0.6 is 0 Å². The number of rotatable bonds is 4. The van der Waals surface area contributed by atoms with Gasteiger partial charge in [-0.15, -0.1) is 0 Å². The summed E-state index contributed by atoms with van der Waals surface area (Å²) in [5, 5.41) is 5.85. The van der Waals surface area contributed by atoms with Gasteiger partial charge in [-0.1, -0.05) is 32.9 Å². The van der Waals surface area contributed by atoms with E-state index in [4.69, 9.17) is 0 Å². The standard InChI is InChI=1S/C19H24N4O3S/c1-19(2,3)13-4-6-14(7-5-13)23-18(24)16-10-21-17(11-20-16)22-15-8-9-27(25,26)12-15/h4-7,10-11,15H,8-9,12H2,1-3H3,(H,21,22)(H,23,24). The van der Waals surface area contributed by atoms with Crippen molar-refractivity contribution in [1.82, 2.24) is 9.97 Å². The maximum absolute atomic E-state index is 12.3. The highest BCUT2D eigenvalue weighted by Crippen LogP contribution is 2.23. The second kappa shape index (κ2) is 7.26. The highest BCUT2D eigenvalue weighted by molar-refractivity contribution is 7.91. The molecule has 7 nitrogen and oxygen atoms in total. The normalized spacial score (nSPS) is 18.9. The number of amides is 1. The first-order valence-electron chi connectivity index (χ1n) is 8.83. The smallest absolute Gasteiger partial charge is 0.275 e. The molecule has 144 valence electrons. The van der Waals surface area contributed by atoms with E-state index in [1.807, 2.05) is 24.3 Å². The molecule has 0 aliphatic carbocycles. The van der Waals surface area contributed by atoms with E-state index in [9.17, 15) is 13.2 Å². The van der Waals surface area contributed by atoms with E-state index < -0.39 is 9.84 Å². The van der Waals surface area contributed by atoms with Gasteiger partial charge in [-0.3, -0.25) is 4.79 Å². The molecule has 2 aromatic rings. The monoisotopic (exact) mass is 388 g/mol. The molecule has 3 rings (SSSR count). The lowest BCUT2D eigenvalue weighted by molar-refractivity contribution is 0.102. The fourth-order valence-corrected chi connectivity index (χ4v) is 4.56. The molecule has 2 N–H and O–H groups in total. The molecule has 1 unspecified atom stereocenters. The molecular weight excluding hydrogens is 364 g/mol. The van der Waals surface area contributed by atoms with Gasteiger partial charge >= 0.3 is 0 Å². The molecule has 2 heterocycles. The first kappa shape index (κ1) is 19.3. The van der Waals surface area contributed by atoms with Crippen molar-refractivity contribution in [3.8, 4) is 0 Å². The van der Waals surface area contributed by atoms with Gasteiger partial charge in [0.2, 0.25) is 0 Å². The zero-order valence-electron chi connectivity index (χ0n) is 15.7. The summed E-state index contributed by atoms with van der Waals surface area (Å²) in [5.41, 5.74) is 2.12. The van der Waals surface area contributed by atoms with E-state index >= 15 is 0 Å². The van der Waals surface area contributed by atoms with Crippen molar-refractivity contribution in [3.05, 3.63) is 47.9 Å². The molecule has 1 saturated heterocycles. The van der Waals surface area contributed by atoms with E-state index in [-0.39, 0.29) is 34.6 Å². The summed E-state index contributed by atoms with van der Waals surface area (Å²) in [5.74, 6) is 0.401. The molecule has 1 aromatic carbocycles. The molecule has 1 atom stereocenters. The van der Waals surface area contributed by atoms with Gasteiger partial charge in [-0.25, -0.2) is 18.4 Å². The summed E-state index contributed by atoms with van der Waals surface area (Å²) in [7, 11) is -2.96. The lowest BCUT2D eigenvalue weighted by atomic mass is 9.87. The van der Waals surface area contributed by atoms with Gasteiger partial charge < -0.3 is 10.6 Å². The Labute approximate surface area is 159 Å². The molecule has 0 saturated carbocycles. The zero-order valence-corrected chi connectivity index (χ0v) is 16.5. The van der Waals surface area contributed by atoms with Gasteiger partial charge in [0.1, 0.15) is 11.5 Å². The van der Waals surface area contributed by atoms with Gasteiger partial charge in [0, 0.05) is 11.7 Å². The Hall–Kier alpha value is -2.48.